The Morgan fingerprint density at radius 3 is 2.53 bits per heavy atom. The van der Waals surface area contributed by atoms with E-state index in [1.54, 1.807) is 30.3 Å². The molecule has 0 unspecified atom stereocenters. The number of benzene rings is 4. The number of hydrogen-bond acceptors (Lipinski definition) is 3. The molecule has 1 N–H and O–H groups in total. The summed E-state index contributed by atoms with van der Waals surface area (Å²) in [7, 11) is 0. The van der Waals surface area contributed by atoms with Gasteiger partial charge in [-0.15, -0.1) is 0 Å². The molecule has 0 aliphatic heterocycles. The molecule has 0 spiro atoms. The summed E-state index contributed by atoms with van der Waals surface area (Å²) in [5, 5.41) is 15.1. The normalized spacial score (nSPS) is 11.1. The number of amides is 1. The number of rotatable bonds is 6. The highest BCUT2D eigenvalue weighted by Gasteiger charge is 2.10. The van der Waals surface area contributed by atoms with Crippen molar-refractivity contribution in [2.45, 2.75) is 6.61 Å². The van der Waals surface area contributed by atoms with Crippen LogP contribution >= 0.6 is 11.6 Å². The fraction of sp³-hybridized carbons (Fsp3) is 0.0370. The topological polar surface area (TPSA) is 62.1 Å². The van der Waals surface area contributed by atoms with E-state index in [2.05, 4.69) is 23.5 Å². The van der Waals surface area contributed by atoms with Gasteiger partial charge in [0.05, 0.1) is 0 Å². The summed E-state index contributed by atoms with van der Waals surface area (Å²) in [6.07, 6.45) is 1.54. The predicted octanol–water partition coefficient (Wildman–Crippen LogP) is 6.62. The third-order valence-electron chi connectivity index (χ3n) is 4.91. The van der Waals surface area contributed by atoms with Crippen LogP contribution < -0.4 is 10.1 Å². The summed E-state index contributed by atoms with van der Waals surface area (Å²) in [6, 6.07) is 30.3. The van der Waals surface area contributed by atoms with E-state index in [1.807, 2.05) is 48.5 Å². The smallest absolute Gasteiger partial charge is 0.266 e. The summed E-state index contributed by atoms with van der Waals surface area (Å²) < 4.78 is 6.00. The maximum atomic E-state index is 12.5. The number of halogens is 1. The molecule has 1 amide bonds. The Bertz CT molecular complexity index is 1330. The lowest BCUT2D eigenvalue weighted by molar-refractivity contribution is -0.112. The molecule has 0 heterocycles. The molecule has 0 atom stereocenters. The predicted molar refractivity (Wildman–Crippen MR) is 128 cm³/mol. The van der Waals surface area contributed by atoms with Gasteiger partial charge in [-0.2, -0.15) is 5.26 Å². The number of fused-ring (bicyclic) bond motifs is 1. The summed E-state index contributed by atoms with van der Waals surface area (Å²) in [4.78, 5) is 12.5. The Balaban J connectivity index is 1.48. The standard InChI is InChI=1S/C27H19ClN2O2/c28-23-11-13-24(14-12-23)30-27(31)22(17-29)15-19-5-3-9-25(16-19)32-18-21-8-4-7-20-6-1-2-10-26(20)21/h1-16H,18H2,(H,30,31)/b22-15-. The minimum absolute atomic E-state index is 0.00819. The van der Waals surface area contributed by atoms with Gasteiger partial charge in [0.2, 0.25) is 0 Å². The number of nitriles is 1. The van der Waals surface area contributed by atoms with Crippen molar-refractivity contribution >= 4 is 40.0 Å². The van der Waals surface area contributed by atoms with Crippen LogP contribution in [0.4, 0.5) is 5.69 Å². The first-order valence-corrected chi connectivity index (χ1v) is 10.4. The molecule has 156 valence electrons. The minimum atomic E-state index is -0.489. The van der Waals surface area contributed by atoms with Crippen molar-refractivity contribution < 1.29 is 9.53 Å². The number of nitrogens with one attached hydrogen (secondary N) is 1. The molecule has 0 aliphatic rings. The average Bonchev–Trinajstić information content (AvgIpc) is 2.83. The highest BCUT2D eigenvalue weighted by Crippen LogP contribution is 2.22. The van der Waals surface area contributed by atoms with Gasteiger partial charge in [-0.1, -0.05) is 66.2 Å². The molecule has 0 aromatic heterocycles. The first kappa shape index (κ1) is 21.2. The molecule has 0 saturated heterocycles. The molecule has 4 aromatic rings. The molecule has 4 aromatic carbocycles. The fourth-order valence-electron chi connectivity index (χ4n) is 3.32. The first-order valence-electron chi connectivity index (χ1n) is 10.0. The largest absolute Gasteiger partial charge is 0.489 e. The first-order chi connectivity index (χ1) is 15.6. The molecule has 0 radical (unpaired) electrons. The van der Waals surface area contributed by atoms with Gasteiger partial charge in [0.15, 0.2) is 0 Å². The third-order valence-corrected chi connectivity index (χ3v) is 5.16. The number of carbonyl (C=O) groups is 1. The Morgan fingerprint density at radius 2 is 1.72 bits per heavy atom. The van der Waals surface area contributed by atoms with E-state index >= 15 is 0 Å². The van der Waals surface area contributed by atoms with Crippen LogP contribution in [-0.4, -0.2) is 5.91 Å². The highest BCUT2D eigenvalue weighted by molar-refractivity contribution is 6.30. The van der Waals surface area contributed by atoms with Gasteiger partial charge in [-0.25, -0.2) is 0 Å². The maximum Gasteiger partial charge on any atom is 0.266 e. The molecule has 32 heavy (non-hydrogen) atoms. The summed E-state index contributed by atoms with van der Waals surface area (Å²) >= 11 is 5.87. The average molecular weight is 439 g/mol. The number of anilines is 1. The van der Waals surface area contributed by atoms with Gasteiger partial charge in [-0.05, 0) is 64.4 Å². The van der Waals surface area contributed by atoms with Crippen LogP contribution in [0.3, 0.4) is 0 Å². The summed E-state index contributed by atoms with van der Waals surface area (Å²) in [5.41, 5.74) is 2.34. The second-order valence-electron chi connectivity index (χ2n) is 7.13. The van der Waals surface area contributed by atoms with Crippen molar-refractivity contribution in [3.8, 4) is 11.8 Å². The number of nitrogens with zero attached hydrogens (tertiary/aromatic N) is 1. The van der Waals surface area contributed by atoms with Crippen LogP contribution in [0.25, 0.3) is 16.8 Å². The van der Waals surface area contributed by atoms with Gasteiger partial charge in [0, 0.05) is 10.7 Å². The zero-order valence-electron chi connectivity index (χ0n) is 17.1. The van der Waals surface area contributed by atoms with Crippen molar-refractivity contribution in [1.82, 2.24) is 0 Å². The SMILES string of the molecule is N#C/C(=C/c1cccc(OCc2cccc3ccccc23)c1)C(=O)Nc1ccc(Cl)cc1. The molecular weight excluding hydrogens is 420 g/mol. The van der Waals surface area contributed by atoms with Crippen molar-refractivity contribution in [3.05, 3.63) is 113 Å². The van der Waals surface area contributed by atoms with Gasteiger partial charge in [0.1, 0.15) is 24.0 Å². The second kappa shape index (κ2) is 9.82. The third kappa shape index (κ3) is 5.15. The van der Waals surface area contributed by atoms with Crippen molar-refractivity contribution in [2.75, 3.05) is 5.32 Å². The van der Waals surface area contributed by atoms with E-state index in [1.165, 1.54) is 6.08 Å². The van der Waals surface area contributed by atoms with Gasteiger partial charge < -0.3 is 10.1 Å². The van der Waals surface area contributed by atoms with E-state index in [0.29, 0.717) is 28.6 Å². The van der Waals surface area contributed by atoms with Crippen LogP contribution in [0, 0.1) is 11.3 Å². The lowest BCUT2D eigenvalue weighted by Crippen LogP contribution is -2.13. The zero-order chi connectivity index (χ0) is 22.3. The number of carbonyl (C=O) groups excluding carboxylic acids is 1. The Morgan fingerprint density at radius 1 is 0.969 bits per heavy atom. The molecule has 4 rings (SSSR count). The van der Waals surface area contributed by atoms with Crippen LogP contribution in [0.2, 0.25) is 5.02 Å². The molecule has 0 aliphatic carbocycles. The van der Waals surface area contributed by atoms with E-state index in [0.717, 1.165) is 16.3 Å². The fourth-order valence-corrected chi connectivity index (χ4v) is 3.45. The molecule has 4 nitrogen and oxygen atoms in total. The van der Waals surface area contributed by atoms with Gasteiger partial charge >= 0.3 is 0 Å². The van der Waals surface area contributed by atoms with E-state index in [-0.39, 0.29) is 5.57 Å². The van der Waals surface area contributed by atoms with E-state index in [4.69, 9.17) is 16.3 Å². The van der Waals surface area contributed by atoms with Crippen LogP contribution in [0.15, 0.2) is 96.6 Å². The monoisotopic (exact) mass is 438 g/mol. The van der Waals surface area contributed by atoms with Crippen LogP contribution in [0.1, 0.15) is 11.1 Å². The zero-order valence-corrected chi connectivity index (χ0v) is 17.8. The highest BCUT2D eigenvalue weighted by atomic mass is 35.5. The summed E-state index contributed by atoms with van der Waals surface area (Å²) in [6.45, 7) is 0.413. The second-order valence-corrected chi connectivity index (χ2v) is 7.57. The molecule has 5 heteroatoms. The van der Waals surface area contributed by atoms with Crippen LogP contribution in [0.5, 0.6) is 5.75 Å². The van der Waals surface area contributed by atoms with Crippen molar-refractivity contribution in [1.29, 1.82) is 5.26 Å². The van der Waals surface area contributed by atoms with Crippen LogP contribution in [-0.2, 0) is 11.4 Å². The molecular formula is C27H19ClN2O2. The molecule has 0 bridgehead atoms. The van der Waals surface area contributed by atoms with E-state index in [9.17, 15) is 10.1 Å². The quantitative estimate of drug-likeness (QED) is 0.272. The van der Waals surface area contributed by atoms with Crippen molar-refractivity contribution in [2.24, 2.45) is 0 Å². The lowest BCUT2D eigenvalue weighted by Gasteiger charge is -2.10. The molecule has 0 saturated carbocycles. The summed E-state index contributed by atoms with van der Waals surface area (Å²) in [5.74, 6) is 0.166. The Kier molecular flexibility index (Phi) is 6.50. The minimum Gasteiger partial charge on any atom is -0.489 e. The van der Waals surface area contributed by atoms with Crippen molar-refractivity contribution in [3.63, 3.8) is 0 Å². The Labute approximate surface area is 191 Å². The lowest BCUT2D eigenvalue weighted by atomic mass is 10.1. The molecule has 0 fully saturated rings. The number of hydrogen-bond donors (Lipinski definition) is 1. The number of ether oxygens (including phenoxy) is 1. The maximum absolute atomic E-state index is 12.5. The Hall–Kier alpha value is -4.07. The van der Waals surface area contributed by atoms with Gasteiger partial charge in [0.25, 0.3) is 5.91 Å². The van der Waals surface area contributed by atoms with Gasteiger partial charge in [-0.3, -0.25) is 4.79 Å². The van der Waals surface area contributed by atoms with E-state index < -0.39 is 5.91 Å².